The fourth-order valence-electron chi connectivity index (χ4n) is 2.94. The molecule has 1 amide bonds. The van der Waals surface area contributed by atoms with Crippen molar-refractivity contribution in [3.8, 4) is 17.0 Å². The van der Waals surface area contributed by atoms with Crippen LogP contribution in [0.2, 0.25) is 0 Å². The van der Waals surface area contributed by atoms with Crippen molar-refractivity contribution >= 4 is 22.8 Å². The molecule has 1 heterocycles. The summed E-state index contributed by atoms with van der Waals surface area (Å²) in [5.74, 6) is 0.0449. The van der Waals surface area contributed by atoms with E-state index in [9.17, 15) is 9.59 Å². The van der Waals surface area contributed by atoms with E-state index in [0.717, 1.165) is 16.7 Å². The molecule has 6 heteroatoms. The van der Waals surface area contributed by atoms with Crippen molar-refractivity contribution in [3.05, 3.63) is 60.2 Å². The molecule has 0 spiro atoms. The first-order valence-corrected chi connectivity index (χ1v) is 8.98. The molecule has 0 atom stereocenters. The predicted molar refractivity (Wildman–Crippen MR) is 107 cm³/mol. The highest BCUT2D eigenvalue weighted by molar-refractivity contribution is 6.07. The Morgan fingerprint density at radius 2 is 1.79 bits per heavy atom. The van der Waals surface area contributed by atoms with Gasteiger partial charge in [0.15, 0.2) is 0 Å². The number of carbonyl (C=O) groups excluding carboxylic acids is 2. The van der Waals surface area contributed by atoms with Crippen molar-refractivity contribution in [2.45, 2.75) is 6.92 Å². The molecule has 3 aromatic rings. The number of benzene rings is 2. The minimum absolute atomic E-state index is 0.110. The van der Waals surface area contributed by atoms with Crippen LogP contribution in [0.15, 0.2) is 54.6 Å². The molecule has 0 radical (unpaired) electrons. The van der Waals surface area contributed by atoms with Crippen LogP contribution in [0, 0.1) is 0 Å². The van der Waals surface area contributed by atoms with Crippen molar-refractivity contribution in [1.29, 1.82) is 0 Å². The van der Waals surface area contributed by atoms with Crippen LogP contribution in [-0.2, 0) is 9.53 Å². The molecule has 28 heavy (non-hydrogen) atoms. The quantitative estimate of drug-likeness (QED) is 0.614. The topological polar surface area (TPSA) is 68.7 Å². The SMILES string of the molecule is CCOC(=O)CN(C)C(=O)c1cc(-c2ccc(OC)cc2)nc2ccccc12. The second-order valence-electron chi connectivity index (χ2n) is 6.27. The van der Waals surface area contributed by atoms with Gasteiger partial charge in [-0.1, -0.05) is 18.2 Å². The van der Waals surface area contributed by atoms with Gasteiger partial charge in [0.05, 0.1) is 30.5 Å². The summed E-state index contributed by atoms with van der Waals surface area (Å²) in [6.45, 7) is 1.90. The van der Waals surface area contributed by atoms with Crippen LogP contribution in [0.3, 0.4) is 0 Å². The molecule has 0 unspecified atom stereocenters. The molecule has 0 bridgehead atoms. The highest BCUT2D eigenvalue weighted by Gasteiger charge is 2.19. The molecule has 1 aromatic heterocycles. The number of hydrogen-bond acceptors (Lipinski definition) is 5. The maximum atomic E-state index is 13.1. The second kappa shape index (κ2) is 8.52. The summed E-state index contributed by atoms with van der Waals surface area (Å²) in [5, 5.41) is 0.737. The van der Waals surface area contributed by atoms with Gasteiger partial charge < -0.3 is 14.4 Å². The van der Waals surface area contributed by atoms with Crippen LogP contribution in [-0.4, -0.2) is 49.1 Å². The Morgan fingerprint density at radius 3 is 2.46 bits per heavy atom. The molecular formula is C22H22N2O4. The van der Waals surface area contributed by atoms with Crippen molar-refractivity contribution in [1.82, 2.24) is 9.88 Å². The summed E-state index contributed by atoms with van der Waals surface area (Å²) >= 11 is 0. The number of likely N-dealkylation sites (N-methyl/N-ethyl adjacent to an activating group) is 1. The number of methoxy groups -OCH3 is 1. The number of fused-ring (bicyclic) bond motifs is 1. The van der Waals surface area contributed by atoms with E-state index in [1.807, 2.05) is 48.5 Å². The zero-order chi connectivity index (χ0) is 20.1. The molecule has 6 nitrogen and oxygen atoms in total. The summed E-state index contributed by atoms with van der Waals surface area (Å²) in [6, 6.07) is 16.7. The average molecular weight is 378 g/mol. The minimum Gasteiger partial charge on any atom is -0.497 e. The highest BCUT2D eigenvalue weighted by Crippen LogP contribution is 2.27. The number of aromatic nitrogens is 1. The van der Waals surface area contributed by atoms with Gasteiger partial charge in [-0.25, -0.2) is 4.98 Å². The van der Waals surface area contributed by atoms with Gasteiger partial charge in [-0.3, -0.25) is 9.59 Å². The van der Waals surface area contributed by atoms with Crippen LogP contribution in [0.4, 0.5) is 0 Å². The number of hydrogen-bond donors (Lipinski definition) is 0. The van der Waals surface area contributed by atoms with Crippen molar-refractivity contribution in [3.63, 3.8) is 0 Å². The monoisotopic (exact) mass is 378 g/mol. The largest absolute Gasteiger partial charge is 0.497 e. The van der Waals surface area contributed by atoms with Crippen LogP contribution in [0.25, 0.3) is 22.2 Å². The zero-order valence-electron chi connectivity index (χ0n) is 16.1. The van der Waals surface area contributed by atoms with Crippen molar-refractivity contribution < 1.29 is 19.1 Å². The zero-order valence-corrected chi connectivity index (χ0v) is 16.1. The van der Waals surface area contributed by atoms with E-state index >= 15 is 0 Å². The van der Waals surface area contributed by atoms with E-state index in [0.29, 0.717) is 16.8 Å². The summed E-state index contributed by atoms with van der Waals surface area (Å²) in [7, 11) is 3.20. The van der Waals surface area contributed by atoms with Crippen LogP contribution in [0.5, 0.6) is 5.75 Å². The molecule has 144 valence electrons. The van der Waals surface area contributed by atoms with E-state index in [-0.39, 0.29) is 19.1 Å². The molecule has 0 aliphatic carbocycles. The first-order valence-electron chi connectivity index (χ1n) is 8.98. The molecule has 0 saturated heterocycles. The Labute approximate surface area is 163 Å². The first-order chi connectivity index (χ1) is 13.5. The minimum atomic E-state index is -0.438. The standard InChI is InChI=1S/C22H22N2O4/c1-4-28-21(25)14-24(2)22(26)18-13-20(15-9-11-16(27-3)12-10-15)23-19-8-6-5-7-17(18)19/h5-13H,4,14H2,1-3H3. The van der Waals surface area contributed by atoms with Crippen LogP contribution < -0.4 is 4.74 Å². The van der Waals surface area contributed by atoms with E-state index in [1.54, 1.807) is 27.1 Å². The van der Waals surface area contributed by atoms with Crippen LogP contribution in [0.1, 0.15) is 17.3 Å². The Bertz CT molecular complexity index is 999. The number of rotatable bonds is 6. The maximum absolute atomic E-state index is 13.1. The normalized spacial score (nSPS) is 10.5. The van der Waals surface area contributed by atoms with E-state index < -0.39 is 5.97 Å². The predicted octanol–water partition coefficient (Wildman–Crippen LogP) is 3.55. The summed E-state index contributed by atoms with van der Waals surface area (Å²) in [5.41, 5.74) is 2.75. The number of nitrogens with zero attached hydrogens (tertiary/aromatic N) is 2. The Morgan fingerprint density at radius 1 is 1.07 bits per heavy atom. The summed E-state index contributed by atoms with van der Waals surface area (Å²) in [6.07, 6.45) is 0. The second-order valence-corrected chi connectivity index (χ2v) is 6.27. The van der Waals surface area contributed by atoms with E-state index in [2.05, 4.69) is 0 Å². The first kappa shape index (κ1) is 19.4. The lowest BCUT2D eigenvalue weighted by atomic mass is 10.0. The van der Waals surface area contributed by atoms with Gasteiger partial charge >= 0.3 is 5.97 Å². The highest BCUT2D eigenvalue weighted by atomic mass is 16.5. The van der Waals surface area contributed by atoms with Gasteiger partial charge in [-0.2, -0.15) is 0 Å². The third-order valence-corrected chi connectivity index (χ3v) is 4.35. The van der Waals surface area contributed by atoms with Gasteiger partial charge in [0.2, 0.25) is 0 Å². The maximum Gasteiger partial charge on any atom is 0.325 e. The summed E-state index contributed by atoms with van der Waals surface area (Å²) in [4.78, 5) is 30.9. The van der Waals surface area contributed by atoms with Gasteiger partial charge in [0.25, 0.3) is 5.91 Å². The van der Waals surface area contributed by atoms with Gasteiger partial charge in [-0.05, 0) is 43.3 Å². The molecule has 2 aromatic carbocycles. The lowest BCUT2D eigenvalue weighted by molar-refractivity contribution is -0.143. The van der Waals surface area contributed by atoms with Gasteiger partial charge in [0, 0.05) is 18.0 Å². The van der Waals surface area contributed by atoms with Gasteiger partial charge in [-0.15, -0.1) is 0 Å². The van der Waals surface area contributed by atoms with Crippen molar-refractivity contribution in [2.24, 2.45) is 0 Å². The molecule has 0 saturated carbocycles. The number of ether oxygens (including phenoxy) is 2. The third-order valence-electron chi connectivity index (χ3n) is 4.35. The Kier molecular flexibility index (Phi) is 5.89. The Balaban J connectivity index is 2.02. The Hall–Kier alpha value is -3.41. The molecule has 0 aliphatic heterocycles. The fourth-order valence-corrected chi connectivity index (χ4v) is 2.94. The van der Waals surface area contributed by atoms with E-state index in [4.69, 9.17) is 14.5 Å². The molecular weight excluding hydrogens is 356 g/mol. The number of esters is 1. The lowest BCUT2D eigenvalue weighted by Gasteiger charge is -2.18. The average Bonchev–Trinajstić information content (AvgIpc) is 2.72. The fraction of sp³-hybridized carbons (Fsp3) is 0.227. The number of amides is 1. The third kappa shape index (κ3) is 4.11. The summed E-state index contributed by atoms with van der Waals surface area (Å²) < 4.78 is 10.1. The number of para-hydroxylation sites is 1. The molecule has 0 fully saturated rings. The molecule has 0 aliphatic rings. The van der Waals surface area contributed by atoms with Crippen LogP contribution >= 0.6 is 0 Å². The molecule has 0 N–H and O–H groups in total. The number of pyridine rings is 1. The van der Waals surface area contributed by atoms with Gasteiger partial charge in [0.1, 0.15) is 12.3 Å². The smallest absolute Gasteiger partial charge is 0.325 e. The molecule has 3 rings (SSSR count). The lowest BCUT2D eigenvalue weighted by Crippen LogP contribution is -2.33. The number of carbonyl (C=O) groups is 2. The van der Waals surface area contributed by atoms with E-state index in [1.165, 1.54) is 4.90 Å². The van der Waals surface area contributed by atoms with Crippen molar-refractivity contribution in [2.75, 3.05) is 27.3 Å².